The van der Waals surface area contributed by atoms with Crippen LogP contribution in [-0.4, -0.2) is 62.4 Å². The fraction of sp³-hybridized carbons (Fsp3) is 0.478. The first-order valence-corrected chi connectivity index (χ1v) is 11.3. The first kappa shape index (κ1) is 24.2. The maximum Gasteiger partial charge on any atom is 0.410 e. The minimum Gasteiger partial charge on any atom is -0.472 e. The van der Waals surface area contributed by atoms with E-state index in [1.807, 2.05) is 20.8 Å². The van der Waals surface area contributed by atoms with E-state index in [9.17, 15) is 19.2 Å². The Hall–Kier alpha value is -3.96. The number of likely N-dealkylation sites (tertiary alicyclic amines) is 1. The molecule has 0 saturated carbocycles. The topological polar surface area (TPSA) is 142 Å². The molecule has 1 N–H and O–H groups in total. The van der Waals surface area contributed by atoms with Crippen LogP contribution >= 0.6 is 0 Å². The van der Waals surface area contributed by atoms with Gasteiger partial charge in [-0.25, -0.2) is 14.5 Å². The normalized spacial score (nSPS) is 20.4. The third kappa shape index (κ3) is 6.14. The Bertz CT molecular complexity index is 1170. The Labute approximate surface area is 201 Å². The van der Waals surface area contributed by atoms with Crippen LogP contribution in [0.15, 0.2) is 35.4 Å². The fourth-order valence-corrected chi connectivity index (χ4v) is 3.73. The molecule has 0 aromatic carbocycles. The molecule has 0 radical (unpaired) electrons. The molecular weight excluding hydrogens is 458 g/mol. The van der Waals surface area contributed by atoms with Gasteiger partial charge in [0.15, 0.2) is 5.75 Å². The van der Waals surface area contributed by atoms with Crippen molar-refractivity contribution in [1.82, 2.24) is 25.0 Å². The number of hydrogen-bond acceptors (Lipinski definition) is 9. The second-order valence-electron chi connectivity index (χ2n) is 9.33. The molecule has 0 spiro atoms. The van der Waals surface area contributed by atoms with E-state index in [0.717, 1.165) is 4.68 Å². The molecule has 3 amide bonds. The van der Waals surface area contributed by atoms with E-state index in [4.69, 9.17) is 14.2 Å². The number of pyridine rings is 1. The highest BCUT2D eigenvalue weighted by Gasteiger charge is 2.31. The van der Waals surface area contributed by atoms with Gasteiger partial charge in [0.05, 0.1) is 18.9 Å². The van der Waals surface area contributed by atoms with Crippen molar-refractivity contribution in [2.45, 2.75) is 57.8 Å². The number of carbonyl (C=O) groups is 3. The first-order valence-electron chi connectivity index (χ1n) is 11.3. The number of carbonyl (C=O) groups excluding carboxylic acids is 3. The van der Waals surface area contributed by atoms with Crippen LogP contribution in [0.1, 0.15) is 46.1 Å². The predicted molar refractivity (Wildman–Crippen MR) is 121 cm³/mol. The van der Waals surface area contributed by atoms with E-state index < -0.39 is 23.1 Å². The lowest BCUT2D eigenvalue weighted by molar-refractivity contribution is -0.136. The molecule has 186 valence electrons. The molecule has 4 heterocycles. The number of nitrogens with zero attached hydrogens (tertiary/aromatic N) is 4. The molecule has 0 bridgehead atoms. The van der Waals surface area contributed by atoms with E-state index in [1.165, 1.54) is 18.5 Å². The summed E-state index contributed by atoms with van der Waals surface area (Å²) in [6.07, 6.45) is 3.21. The van der Waals surface area contributed by atoms with Crippen molar-refractivity contribution < 1.29 is 28.6 Å². The van der Waals surface area contributed by atoms with Crippen LogP contribution in [0.3, 0.4) is 0 Å². The maximum atomic E-state index is 12.4. The van der Waals surface area contributed by atoms with Gasteiger partial charge in [-0.05, 0) is 33.3 Å². The molecule has 2 aliphatic rings. The summed E-state index contributed by atoms with van der Waals surface area (Å²) >= 11 is 0. The number of ether oxygens (including phenoxy) is 3. The lowest BCUT2D eigenvalue weighted by Gasteiger charge is -2.24. The Morgan fingerprint density at radius 1 is 1.11 bits per heavy atom. The van der Waals surface area contributed by atoms with Gasteiger partial charge >= 0.3 is 6.09 Å². The summed E-state index contributed by atoms with van der Waals surface area (Å²) in [5.41, 5.74) is -1.08. The standard InChI is InChI=1S/C23H27N5O7/c1-23(2,3)35-22(32)27-9-8-15(13-27)34-19-7-4-14(11-24-19)33-16-10-20(30)28(25-12-16)17-5-6-18(29)26-21(17)31/h4,7,10-12,15,17H,5-6,8-9,13H2,1-3H3,(H,26,29,31)/t15-,17?/m0/s1. The molecule has 12 heteroatoms. The number of piperidine rings is 1. The molecule has 2 atom stereocenters. The van der Waals surface area contributed by atoms with Gasteiger partial charge in [-0.15, -0.1) is 0 Å². The molecule has 2 aromatic rings. The van der Waals surface area contributed by atoms with Crippen molar-refractivity contribution in [3.8, 4) is 17.4 Å². The molecule has 2 aromatic heterocycles. The van der Waals surface area contributed by atoms with Gasteiger partial charge < -0.3 is 19.1 Å². The smallest absolute Gasteiger partial charge is 0.410 e. The third-order valence-corrected chi connectivity index (χ3v) is 5.34. The zero-order chi connectivity index (χ0) is 25.2. The molecule has 35 heavy (non-hydrogen) atoms. The molecule has 12 nitrogen and oxygen atoms in total. The summed E-state index contributed by atoms with van der Waals surface area (Å²) in [5, 5.41) is 6.23. The van der Waals surface area contributed by atoms with Gasteiger partial charge in [-0.3, -0.25) is 19.7 Å². The molecular formula is C23H27N5O7. The van der Waals surface area contributed by atoms with Gasteiger partial charge in [-0.1, -0.05) is 0 Å². The number of hydrogen-bond donors (Lipinski definition) is 1. The Balaban J connectivity index is 1.32. The number of aromatic nitrogens is 3. The highest BCUT2D eigenvalue weighted by Crippen LogP contribution is 2.24. The van der Waals surface area contributed by atoms with E-state index in [0.29, 0.717) is 31.1 Å². The van der Waals surface area contributed by atoms with Crippen LogP contribution < -0.4 is 20.3 Å². The largest absolute Gasteiger partial charge is 0.472 e. The van der Waals surface area contributed by atoms with Gasteiger partial charge in [0.1, 0.15) is 23.5 Å². The number of imide groups is 1. The zero-order valence-corrected chi connectivity index (χ0v) is 19.7. The summed E-state index contributed by atoms with van der Waals surface area (Å²) < 4.78 is 17.9. The number of nitrogens with one attached hydrogen (secondary N) is 1. The van der Waals surface area contributed by atoms with Crippen LogP contribution in [0.5, 0.6) is 17.4 Å². The minimum atomic E-state index is -0.839. The molecule has 1 unspecified atom stereocenters. The quantitative estimate of drug-likeness (QED) is 0.627. The molecule has 4 rings (SSSR count). The van der Waals surface area contributed by atoms with Crippen molar-refractivity contribution in [3.63, 3.8) is 0 Å². The Morgan fingerprint density at radius 2 is 1.91 bits per heavy atom. The second-order valence-corrected chi connectivity index (χ2v) is 9.33. The number of amides is 3. The Morgan fingerprint density at radius 3 is 2.57 bits per heavy atom. The van der Waals surface area contributed by atoms with Crippen molar-refractivity contribution in [2.24, 2.45) is 0 Å². The van der Waals surface area contributed by atoms with Gasteiger partial charge in [0, 0.05) is 31.5 Å². The number of rotatable bonds is 5. The SMILES string of the molecule is CC(C)(C)OC(=O)N1CC[C@H](Oc2ccc(Oc3cnn(C4CCC(=O)NC4=O)c(=O)c3)cn2)C1. The van der Waals surface area contributed by atoms with Crippen LogP contribution in [0.4, 0.5) is 4.79 Å². The Kier molecular flexibility index (Phi) is 6.72. The first-order chi connectivity index (χ1) is 16.6. The van der Waals surface area contributed by atoms with Crippen molar-refractivity contribution >= 4 is 17.9 Å². The minimum absolute atomic E-state index is 0.142. The average molecular weight is 485 g/mol. The summed E-state index contributed by atoms with van der Waals surface area (Å²) in [6, 6.07) is 3.64. The molecule has 2 aliphatic heterocycles. The summed E-state index contributed by atoms with van der Waals surface area (Å²) in [5.74, 6) is -0.00929. The third-order valence-electron chi connectivity index (χ3n) is 5.34. The van der Waals surface area contributed by atoms with E-state index >= 15 is 0 Å². The van der Waals surface area contributed by atoms with Gasteiger partial charge in [0.2, 0.25) is 11.8 Å². The summed E-state index contributed by atoms with van der Waals surface area (Å²) in [6.45, 7) is 6.41. The van der Waals surface area contributed by atoms with Crippen molar-refractivity contribution in [2.75, 3.05) is 13.1 Å². The van der Waals surface area contributed by atoms with Crippen molar-refractivity contribution in [3.05, 3.63) is 40.9 Å². The maximum absolute atomic E-state index is 12.4. The zero-order valence-electron chi connectivity index (χ0n) is 19.7. The van der Waals surface area contributed by atoms with E-state index in [2.05, 4.69) is 15.4 Å². The van der Waals surface area contributed by atoms with Crippen LogP contribution in [0.25, 0.3) is 0 Å². The molecule has 2 fully saturated rings. The fourth-order valence-electron chi connectivity index (χ4n) is 3.73. The average Bonchev–Trinajstić information content (AvgIpc) is 3.24. The highest BCUT2D eigenvalue weighted by atomic mass is 16.6. The predicted octanol–water partition coefficient (Wildman–Crippen LogP) is 1.80. The summed E-state index contributed by atoms with van der Waals surface area (Å²) in [4.78, 5) is 53.8. The lowest BCUT2D eigenvalue weighted by Crippen LogP contribution is -2.45. The van der Waals surface area contributed by atoms with Crippen LogP contribution in [-0.2, 0) is 14.3 Å². The van der Waals surface area contributed by atoms with Crippen LogP contribution in [0, 0.1) is 0 Å². The van der Waals surface area contributed by atoms with Gasteiger partial charge in [0.25, 0.3) is 11.5 Å². The molecule has 2 saturated heterocycles. The van der Waals surface area contributed by atoms with E-state index in [-0.39, 0.29) is 36.7 Å². The van der Waals surface area contributed by atoms with Crippen molar-refractivity contribution in [1.29, 1.82) is 0 Å². The lowest BCUT2D eigenvalue weighted by atomic mass is 10.1. The summed E-state index contributed by atoms with van der Waals surface area (Å²) in [7, 11) is 0. The van der Waals surface area contributed by atoms with Crippen LogP contribution in [0.2, 0.25) is 0 Å². The van der Waals surface area contributed by atoms with Gasteiger partial charge in [-0.2, -0.15) is 5.10 Å². The highest BCUT2D eigenvalue weighted by molar-refractivity contribution is 5.99. The van der Waals surface area contributed by atoms with E-state index in [1.54, 1.807) is 17.0 Å². The second kappa shape index (κ2) is 9.72. The monoisotopic (exact) mass is 485 g/mol. The molecule has 0 aliphatic carbocycles.